The normalized spacial score (nSPS) is 17.7. The van der Waals surface area contributed by atoms with Crippen molar-refractivity contribution in [3.63, 3.8) is 0 Å². The lowest BCUT2D eigenvalue weighted by Gasteiger charge is -2.42. The largest absolute Gasteiger partial charge is 0.496 e. The molecule has 0 bridgehead atoms. The van der Waals surface area contributed by atoms with E-state index in [1.807, 2.05) is 48.5 Å². The second-order valence-electron chi connectivity index (χ2n) is 10.4. The van der Waals surface area contributed by atoms with Crippen LogP contribution in [0, 0.1) is 0 Å². The summed E-state index contributed by atoms with van der Waals surface area (Å²) in [6.07, 6.45) is 4.32. The number of hydrogen-bond donors (Lipinski definition) is 2. The molecule has 0 aromatic heterocycles. The number of amides is 1. The number of ether oxygens (including phenoxy) is 1. The van der Waals surface area contributed by atoms with Crippen molar-refractivity contribution in [3.05, 3.63) is 114 Å². The molecule has 5 nitrogen and oxygen atoms in total. The Kier molecular flexibility index (Phi) is 9.26. The van der Waals surface area contributed by atoms with Crippen molar-refractivity contribution < 1.29 is 9.53 Å². The summed E-state index contributed by atoms with van der Waals surface area (Å²) in [6, 6.07) is 33.8. The van der Waals surface area contributed by atoms with E-state index in [9.17, 15) is 4.79 Å². The van der Waals surface area contributed by atoms with E-state index in [1.54, 1.807) is 7.11 Å². The maximum atomic E-state index is 12.7. The van der Waals surface area contributed by atoms with E-state index in [4.69, 9.17) is 4.74 Å². The van der Waals surface area contributed by atoms with Gasteiger partial charge >= 0.3 is 0 Å². The summed E-state index contributed by atoms with van der Waals surface area (Å²) in [5.41, 5.74) is 3.27. The van der Waals surface area contributed by atoms with E-state index >= 15 is 0 Å². The van der Waals surface area contributed by atoms with Crippen LogP contribution in [0.4, 0.5) is 0 Å². The van der Waals surface area contributed by atoms with Crippen molar-refractivity contribution in [2.45, 2.75) is 44.3 Å². The number of rotatable bonds is 11. The van der Waals surface area contributed by atoms with Gasteiger partial charge in [0.1, 0.15) is 5.75 Å². The Bertz CT molecular complexity index is 1360. The average molecular weight is 522 g/mol. The molecule has 202 valence electrons. The van der Waals surface area contributed by atoms with Crippen molar-refractivity contribution in [1.82, 2.24) is 15.5 Å². The third kappa shape index (κ3) is 6.86. The lowest BCUT2D eigenvalue weighted by Crippen LogP contribution is -2.48. The minimum atomic E-state index is 0.00138. The van der Waals surface area contributed by atoms with E-state index in [2.05, 4.69) is 64.1 Å². The lowest BCUT2D eigenvalue weighted by atomic mass is 9.89. The van der Waals surface area contributed by atoms with Gasteiger partial charge in [0.25, 0.3) is 5.91 Å². The van der Waals surface area contributed by atoms with Crippen LogP contribution in [-0.4, -0.2) is 43.6 Å². The standard InChI is InChI=1S/C34H39N3O2/c1-39-32-18-8-7-16-30(32)25-36-31-17-11-23-37(33(31)27-13-3-2-4-14-27)22-10-9-21-35-34(38)29-20-19-26-12-5-6-15-28(26)24-29/h2-8,12-16,18-20,24,31,33,36H,9-11,17,21-23,25H2,1H3,(H,35,38). The molecule has 0 aliphatic carbocycles. The molecule has 4 aromatic rings. The molecule has 2 N–H and O–H groups in total. The number of nitrogens with zero attached hydrogens (tertiary/aromatic N) is 1. The highest BCUT2D eigenvalue weighted by atomic mass is 16.5. The van der Waals surface area contributed by atoms with Crippen molar-refractivity contribution in [2.75, 3.05) is 26.7 Å². The minimum Gasteiger partial charge on any atom is -0.496 e. The predicted molar refractivity (Wildman–Crippen MR) is 159 cm³/mol. The topological polar surface area (TPSA) is 53.6 Å². The van der Waals surface area contributed by atoms with Gasteiger partial charge in [0.2, 0.25) is 0 Å². The molecule has 1 heterocycles. The molecule has 1 saturated heterocycles. The quantitative estimate of drug-likeness (QED) is 0.226. The number of hydrogen-bond acceptors (Lipinski definition) is 4. The highest BCUT2D eigenvalue weighted by Gasteiger charge is 2.32. The maximum absolute atomic E-state index is 12.7. The number of fused-ring (bicyclic) bond motifs is 1. The van der Waals surface area contributed by atoms with Crippen molar-refractivity contribution in [3.8, 4) is 5.75 Å². The van der Waals surface area contributed by atoms with Crippen LogP contribution in [0.3, 0.4) is 0 Å². The molecule has 0 radical (unpaired) electrons. The van der Waals surface area contributed by atoms with Crippen molar-refractivity contribution in [2.24, 2.45) is 0 Å². The average Bonchev–Trinajstić information content (AvgIpc) is 3.00. The fourth-order valence-corrected chi connectivity index (χ4v) is 5.79. The molecule has 5 heteroatoms. The van der Waals surface area contributed by atoms with E-state index < -0.39 is 0 Å². The highest BCUT2D eigenvalue weighted by molar-refractivity contribution is 5.98. The van der Waals surface area contributed by atoms with Crippen molar-refractivity contribution >= 4 is 16.7 Å². The first-order chi connectivity index (χ1) is 19.2. The van der Waals surface area contributed by atoms with Crippen LogP contribution in [-0.2, 0) is 6.54 Å². The van der Waals surface area contributed by atoms with Gasteiger partial charge in [-0.2, -0.15) is 0 Å². The summed E-state index contributed by atoms with van der Waals surface area (Å²) in [4.78, 5) is 15.4. The molecule has 4 aromatic carbocycles. The molecule has 1 aliphatic rings. The van der Waals surface area contributed by atoms with E-state index in [1.165, 1.54) is 17.5 Å². The van der Waals surface area contributed by atoms with Crippen LogP contribution >= 0.6 is 0 Å². The number of unbranched alkanes of at least 4 members (excludes halogenated alkanes) is 1. The molecular formula is C34H39N3O2. The Balaban J connectivity index is 1.16. The maximum Gasteiger partial charge on any atom is 0.251 e. The number of carbonyl (C=O) groups excluding carboxylic acids is 1. The van der Waals surface area contributed by atoms with Gasteiger partial charge in [0, 0.05) is 30.3 Å². The number of carbonyl (C=O) groups is 1. The van der Waals surface area contributed by atoms with Gasteiger partial charge in [0.15, 0.2) is 0 Å². The summed E-state index contributed by atoms with van der Waals surface area (Å²) >= 11 is 0. The minimum absolute atomic E-state index is 0.00138. The first-order valence-corrected chi connectivity index (χ1v) is 14.1. The molecule has 1 aliphatic heterocycles. The Morgan fingerprint density at radius 2 is 1.67 bits per heavy atom. The number of nitrogens with one attached hydrogen (secondary N) is 2. The van der Waals surface area contributed by atoms with Gasteiger partial charge in [0.05, 0.1) is 13.2 Å². The molecule has 0 saturated carbocycles. The van der Waals surface area contributed by atoms with Crippen molar-refractivity contribution in [1.29, 1.82) is 0 Å². The first-order valence-electron chi connectivity index (χ1n) is 14.1. The summed E-state index contributed by atoms with van der Waals surface area (Å²) < 4.78 is 5.58. The summed E-state index contributed by atoms with van der Waals surface area (Å²) in [7, 11) is 1.73. The molecule has 2 atom stereocenters. The first kappa shape index (κ1) is 26.9. The molecule has 1 amide bonds. The molecule has 0 spiro atoms. The zero-order valence-corrected chi connectivity index (χ0v) is 22.8. The zero-order valence-electron chi connectivity index (χ0n) is 22.8. The van der Waals surface area contributed by atoms with E-state index in [0.717, 1.165) is 61.0 Å². The van der Waals surface area contributed by atoms with Crippen LogP contribution < -0.4 is 15.4 Å². The predicted octanol–water partition coefficient (Wildman–Crippen LogP) is 6.35. The zero-order chi connectivity index (χ0) is 26.9. The smallest absolute Gasteiger partial charge is 0.251 e. The summed E-state index contributed by atoms with van der Waals surface area (Å²) in [5, 5.41) is 9.23. The Labute approximate surface area is 232 Å². The third-order valence-corrected chi connectivity index (χ3v) is 7.79. The number of likely N-dealkylation sites (tertiary alicyclic amines) is 1. The molecule has 1 fully saturated rings. The Morgan fingerprint density at radius 3 is 2.51 bits per heavy atom. The van der Waals surface area contributed by atoms with Crippen LogP contribution in [0.2, 0.25) is 0 Å². The van der Waals surface area contributed by atoms with Gasteiger partial charge in [-0.15, -0.1) is 0 Å². The monoisotopic (exact) mass is 521 g/mol. The molecule has 5 rings (SSSR count). The van der Waals surface area contributed by atoms with E-state index in [0.29, 0.717) is 18.6 Å². The number of para-hydroxylation sites is 1. The van der Waals surface area contributed by atoms with Crippen LogP contribution in [0.15, 0.2) is 97.1 Å². The van der Waals surface area contributed by atoms with Gasteiger partial charge in [-0.3, -0.25) is 9.69 Å². The number of methoxy groups -OCH3 is 1. The van der Waals surface area contributed by atoms with Crippen LogP contribution in [0.1, 0.15) is 53.2 Å². The Morgan fingerprint density at radius 1 is 0.897 bits per heavy atom. The van der Waals surface area contributed by atoms with Gasteiger partial charge in [-0.25, -0.2) is 0 Å². The summed E-state index contributed by atoms with van der Waals surface area (Å²) in [5.74, 6) is 0.932. The second-order valence-corrected chi connectivity index (χ2v) is 10.4. The van der Waals surface area contributed by atoms with Crippen LogP contribution in [0.25, 0.3) is 10.8 Å². The van der Waals surface area contributed by atoms with Crippen LogP contribution in [0.5, 0.6) is 5.75 Å². The molecular weight excluding hydrogens is 482 g/mol. The Hall–Kier alpha value is -3.67. The SMILES string of the molecule is COc1ccccc1CNC1CCCN(CCCCNC(=O)c2ccc3ccccc3c2)C1c1ccccc1. The van der Waals surface area contributed by atoms with Gasteiger partial charge in [-0.05, 0) is 73.3 Å². The second kappa shape index (κ2) is 13.4. The fraction of sp³-hybridized carbons (Fsp3) is 0.324. The molecule has 39 heavy (non-hydrogen) atoms. The fourth-order valence-electron chi connectivity index (χ4n) is 5.79. The summed E-state index contributed by atoms with van der Waals surface area (Å²) in [6.45, 7) is 3.58. The van der Waals surface area contributed by atoms with Gasteiger partial charge in [-0.1, -0.05) is 78.9 Å². The van der Waals surface area contributed by atoms with E-state index in [-0.39, 0.29) is 5.91 Å². The molecule has 2 unspecified atom stereocenters. The lowest BCUT2D eigenvalue weighted by molar-refractivity contribution is 0.0947. The van der Waals surface area contributed by atoms with Gasteiger partial charge < -0.3 is 15.4 Å². The number of piperidine rings is 1. The third-order valence-electron chi connectivity index (χ3n) is 7.79. The highest BCUT2D eigenvalue weighted by Crippen LogP contribution is 2.32. The number of benzene rings is 4.